The van der Waals surface area contributed by atoms with Gasteiger partial charge in [-0.2, -0.15) is 0 Å². The summed E-state index contributed by atoms with van der Waals surface area (Å²) in [4.78, 5) is 37.0. The van der Waals surface area contributed by atoms with Gasteiger partial charge in [-0.05, 0) is 12.1 Å². The van der Waals surface area contributed by atoms with E-state index in [1.165, 1.54) is 44.1 Å². The van der Waals surface area contributed by atoms with Crippen molar-refractivity contribution in [3.8, 4) is 11.5 Å². The number of halogens is 2. The maximum atomic E-state index is 13.1. The minimum absolute atomic E-state index is 0.128. The molecule has 174 valence electrons. The van der Waals surface area contributed by atoms with Crippen molar-refractivity contribution in [3.05, 3.63) is 57.3 Å². The first-order valence-electron chi connectivity index (χ1n) is 9.50. The molecule has 13 heteroatoms. The van der Waals surface area contributed by atoms with Crippen molar-refractivity contribution < 1.29 is 19.1 Å². The Morgan fingerprint density at radius 2 is 1.76 bits per heavy atom. The lowest BCUT2D eigenvalue weighted by atomic mass is 10.2. The van der Waals surface area contributed by atoms with Crippen molar-refractivity contribution in [1.82, 2.24) is 15.0 Å². The minimum Gasteiger partial charge on any atom is -0.495 e. The second-order valence-electron chi connectivity index (χ2n) is 6.71. The minimum atomic E-state index is -0.578. The number of rotatable bonds is 7. The molecule has 0 unspecified atom stereocenters. The molecule has 10 nitrogen and oxygen atoms in total. The molecule has 2 amide bonds. The number of primary amides is 1. The van der Waals surface area contributed by atoms with Crippen molar-refractivity contribution in [3.63, 3.8) is 0 Å². The summed E-state index contributed by atoms with van der Waals surface area (Å²) in [6.07, 6.45) is 2.67. The first-order chi connectivity index (χ1) is 16.3. The normalized spacial score (nSPS) is 10.7. The maximum Gasteiger partial charge on any atom is 0.258 e. The highest BCUT2D eigenvalue weighted by Crippen LogP contribution is 2.44. The number of thiophene rings is 1. The van der Waals surface area contributed by atoms with Crippen LogP contribution in [-0.4, -0.2) is 41.0 Å². The molecular formula is C21H16Cl2N6O4S. The first kappa shape index (κ1) is 23.5. The number of hydrogen-bond donors (Lipinski definition) is 3. The summed E-state index contributed by atoms with van der Waals surface area (Å²) in [5.74, 6) is 0.387. The van der Waals surface area contributed by atoms with Crippen LogP contribution in [0.25, 0.3) is 10.2 Å². The summed E-state index contributed by atoms with van der Waals surface area (Å²) >= 11 is 14.0. The summed E-state index contributed by atoms with van der Waals surface area (Å²) in [6.45, 7) is 0. The van der Waals surface area contributed by atoms with E-state index >= 15 is 0 Å². The Labute approximate surface area is 207 Å². The number of ether oxygens (including phenoxy) is 2. The van der Waals surface area contributed by atoms with Gasteiger partial charge >= 0.3 is 0 Å². The molecule has 0 atom stereocenters. The van der Waals surface area contributed by atoms with Crippen molar-refractivity contribution in [2.75, 3.05) is 24.9 Å². The Bertz CT molecular complexity index is 1380. The van der Waals surface area contributed by atoms with Crippen LogP contribution in [0.2, 0.25) is 10.0 Å². The SMILES string of the molecule is COc1cc(OC)c(Cl)c(NC(=O)c2csc3c(Nc4ccc(C(N)=O)cn4)ncnc23)c1Cl. The number of carbonyl (C=O) groups excluding carboxylic acids is 2. The molecule has 0 spiro atoms. The predicted octanol–water partition coefficient (Wildman–Crippen LogP) is 4.51. The molecule has 0 saturated carbocycles. The zero-order valence-corrected chi connectivity index (χ0v) is 20.0. The number of nitrogens with two attached hydrogens (primary N) is 1. The summed E-state index contributed by atoms with van der Waals surface area (Å²) in [6, 6.07) is 4.66. The van der Waals surface area contributed by atoms with Crippen LogP contribution >= 0.6 is 34.5 Å². The number of anilines is 3. The largest absolute Gasteiger partial charge is 0.495 e. The monoisotopic (exact) mass is 518 g/mol. The van der Waals surface area contributed by atoms with E-state index in [9.17, 15) is 9.59 Å². The van der Waals surface area contributed by atoms with Gasteiger partial charge in [0.05, 0.1) is 41.3 Å². The van der Waals surface area contributed by atoms with Gasteiger partial charge < -0.3 is 25.8 Å². The molecule has 3 heterocycles. The highest BCUT2D eigenvalue weighted by Gasteiger charge is 2.22. The van der Waals surface area contributed by atoms with Crippen LogP contribution in [0, 0.1) is 0 Å². The van der Waals surface area contributed by atoms with E-state index in [-0.39, 0.29) is 38.4 Å². The standard InChI is InChI=1S/C21H16Cl2N6O4S/c1-32-11-5-12(33-2)15(23)17(14(11)22)29-21(31)10-7-34-18-16(10)26-8-27-20(18)28-13-4-3-9(6-25-13)19(24)30/h3-8H,1-2H3,(H2,24,30)(H,29,31)(H,25,26,27,28). The fourth-order valence-electron chi connectivity index (χ4n) is 3.01. The van der Waals surface area contributed by atoms with Gasteiger partial charge in [0.1, 0.15) is 33.7 Å². The zero-order chi connectivity index (χ0) is 24.4. The highest BCUT2D eigenvalue weighted by molar-refractivity contribution is 7.18. The van der Waals surface area contributed by atoms with Crippen LogP contribution in [0.5, 0.6) is 11.5 Å². The van der Waals surface area contributed by atoms with Gasteiger partial charge in [-0.3, -0.25) is 9.59 Å². The molecule has 0 aliphatic carbocycles. The number of hydrogen-bond acceptors (Lipinski definition) is 9. The average molecular weight is 519 g/mol. The number of benzene rings is 1. The number of amides is 2. The van der Waals surface area contributed by atoms with Gasteiger partial charge in [-0.25, -0.2) is 15.0 Å². The number of fused-ring (bicyclic) bond motifs is 1. The third kappa shape index (κ3) is 4.40. The number of nitrogens with one attached hydrogen (secondary N) is 2. The Hall–Kier alpha value is -3.67. The number of methoxy groups -OCH3 is 2. The van der Waals surface area contributed by atoms with Gasteiger partial charge in [0.2, 0.25) is 5.91 Å². The van der Waals surface area contributed by atoms with Crippen LogP contribution in [-0.2, 0) is 0 Å². The molecule has 4 aromatic rings. The quantitative estimate of drug-likeness (QED) is 0.324. The summed E-state index contributed by atoms with van der Waals surface area (Å²) in [5.41, 5.74) is 6.37. The molecule has 0 bridgehead atoms. The Kier molecular flexibility index (Phi) is 6.68. The predicted molar refractivity (Wildman–Crippen MR) is 131 cm³/mol. The Morgan fingerprint density at radius 3 is 2.35 bits per heavy atom. The van der Waals surface area contributed by atoms with Crippen molar-refractivity contribution in [1.29, 1.82) is 0 Å². The van der Waals surface area contributed by atoms with Crippen LogP contribution in [0.15, 0.2) is 36.1 Å². The summed E-state index contributed by atoms with van der Waals surface area (Å²) < 4.78 is 11.1. The third-order valence-electron chi connectivity index (χ3n) is 4.70. The van der Waals surface area contributed by atoms with Gasteiger partial charge in [0, 0.05) is 17.6 Å². The van der Waals surface area contributed by atoms with E-state index in [1.807, 2.05) is 0 Å². The van der Waals surface area contributed by atoms with Gasteiger partial charge in [0.25, 0.3) is 5.91 Å². The fraction of sp³-hybridized carbons (Fsp3) is 0.0952. The van der Waals surface area contributed by atoms with Gasteiger partial charge in [-0.15, -0.1) is 11.3 Å². The number of nitrogens with zero attached hydrogens (tertiary/aromatic N) is 3. The van der Waals surface area contributed by atoms with Crippen molar-refractivity contribution in [2.24, 2.45) is 5.73 Å². The lowest BCUT2D eigenvalue weighted by Crippen LogP contribution is -2.13. The average Bonchev–Trinajstić information content (AvgIpc) is 3.27. The van der Waals surface area contributed by atoms with Crippen LogP contribution in [0.1, 0.15) is 20.7 Å². The Balaban J connectivity index is 1.65. The van der Waals surface area contributed by atoms with Gasteiger partial charge in [0.15, 0.2) is 5.82 Å². The molecule has 1 aromatic carbocycles. The van der Waals surface area contributed by atoms with Crippen molar-refractivity contribution in [2.45, 2.75) is 0 Å². The molecule has 0 radical (unpaired) electrons. The number of pyridine rings is 1. The summed E-state index contributed by atoms with van der Waals surface area (Å²) in [7, 11) is 2.88. The topological polar surface area (TPSA) is 141 Å². The molecule has 3 aromatic heterocycles. The maximum absolute atomic E-state index is 13.1. The van der Waals surface area contributed by atoms with Crippen LogP contribution in [0.3, 0.4) is 0 Å². The molecule has 0 saturated heterocycles. The number of aromatic nitrogens is 3. The molecule has 0 aliphatic heterocycles. The second-order valence-corrected chi connectivity index (χ2v) is 8.34. The second kappa shape index (κ2) is 9.67. The fourth-order valence-corrected chi connectivity index (χ4v) is 4.55. The van der Waals surface area contributed by atoms with E-state index in [2.05, 4.69) is 25.6 Å². The molecule has 4 N–H and O–H groups in total. The first-order valence-corrected chi connectivity index (χ1v) is 11.1. The van der Waals surface area contributed by atoms with E-state index in [0.717, 1.165) is 0 Å². The van der Waals surface area contributed by atoms with Gasteiger partial charge in [-0.1, -0.05) is 23.2 Å². The lowest BCUT2D eigenvalue weighted by Gasteiger charge is -2.15. The van der Waals surface area contributed by atoms with Crippen LogP contribution in [0.4, 0.5) is 17.3 Å². The molecule has 4 rings (SSSR count). The van der Waals surface area contributed by atoms with E-state index in [0.29, 0.717) is 21.9 Å². The van der Waals surface area contributed by atoms with E-state index in [4.69, 9.17) is 38.4 Å². The zero-order valence-electron chi connectivity index (χ0n) is 17.7. The van der Waals surface area contributed by atoms with E-state index < -0.39 is 11.8 Å². The smallest absolute Gasteiger partial charge is 0.258 e. The number of carbonyl (C=O) groups is 2. The highest BCUT2D eigenvalue weighted by atomic mass is 35.5. The molecule has 0 fully saturated rings. The Morgan fingerprint density at radius 1 is 1.06 bits per heavy atom. The molecule has 34 heavy (non-hydrogen) atoms. The van der Waals surface area contributed by atoms with E-state index in [1.54, 1.807) is 17.5 Å². The third-order valence-corrected chi connectivity index (χ3v) is 6.43. The summed E-state index contributed by atoms with van der Waals surface area (Å²) in [5, 5.41) is 7.67. The van der Waals surface area contributed by atoms with Crippen LogP contribution < -0.4 is 25.8 Å². The molecular weight excluding hydrogens is 503 g/mol. The lowest BCUT2D eigenvalue weighted by molar-refractivity contribution is 0.0997. The van der Waals surface area contributed by atoms with Crippen molar-refractivity contribution >= 4 is 73.9 Å². The molecule has 0 aliphatic rings.